The molecule has 0 unspecified atom stereocenters. The zero-order valence-corrected chi connectivity index (χ0v) is 20.1. The molecule has 2 aliphatic rings. The molecule has 1 saturated heterocycles. The molecule has 0 N–H and O–H groups in total. The van der Waals surface area contributed by atoms with Gasteiger partial charge in [0.2, 0.25) is 0 Å². The Morgan fingerprint density at radius 2 is 1.76 bits per heavy atom. The number of carbonyl (C=O) groups excluding carboxylic acids is 2. The van der Waals surface area contributed by atoms with E-state index in [1.807, 2.05) is 66.7 Å². The van der Waals surface area contributed by atoms with Crippen molar-refractivity contribution in [3.63, 3.8) is 0 Å². The third kappa shape index (κ3) is 5.54. The molecule has 1 aliphatic carbocycles. The number of halogens is 1. The van der Waals surface area contributed by atoms with Gasteiger partial charge in [0.25, 0.3) is 5.91 Å². The van der Waals surface area contributed by atoms with Crippen LogP contribution in [0.2, 0.25) is 0 Å². The number of hydroxylamine groups is 2. The van der Waals surface area contributed by atoms with Gasteiger partial charge in [-0.1, -0.05) is 82.7 Å². The van der Waals surface area contributed by atoms with E-state index in [-0.39, 0.29) is 30.3 Å². The van der Waals surface area contributed by atoms with Gasteiger partial charge in [0.15, 0.2) is 0 Å². The van der Waals surface area contributed by atoms with Gasteiger partial charge in [-0.05, 0) is 22.5 Å². The van der Waals surface area contributed by atoms with Gasteiger partial charge in [0, 0.05) is 11.8 Å². The van der Waals surface area contributed by atoms with Crippen molar-refractivity contribution in [1.29, 1.82) is 0 Å². The molecule has 174 valence electrons. The van der Waals surface area contributed by atoms with Gasteiger partial charge in [-0.25, -0.2) is 5.06 Å². The number of esters is 1. The molecule has 0 aromatic heterocycles. The Labute approximate surface area is 202 Å². The van der Waals surface area contributed by atoms with E-state index < -0.39 is 11.8 Å². The molecule has 0 spiro atoms. The number of nitrogens with zero attached hydrogens (tertiary/aromatic N) is 1. The van der Waals surface area contributed by atoms with Crippen molar-refractivity contribution in [3.05, 3.63) is 82.3 Å². The molecule has 1 amide bonds. The number of hydrogen-bond acceptors (Lipinski definition) is 5. The first-order chi connectivity index (χ1) is 16.1. The van der Waals surface area contributed by atoms with Crippen LogP contribution in [0.25, 0.3) is 0 Å². The number of ether oxygens (including phenoxy) is 2. The van der Waals surface area contributed by atoms with Crippen LogP contribution in [0.1, 0.15) is 18.1 Å². The first-order valence-corrected chi connectivity index (χ1v) is 12.0. The van der Waals surface area contributed by atoms with Crippen molar-refractivity contribution in [2.24, 2.45) is 23.7 Å². The zero-order chi connectivity index (χ0) is 23.2. The summed E-state index contributed by atoms with van der Waals surface area (Å²) in [5.74, 6) is -2.31. The van der Waals surface area contributed by atoms with Crippen molar-refractivity contribution >= 4 is 27.8 Å². The maximum atomic E-state index is 13.5. The summed E-state index contributed by atoms with van der Waals surface area (Å²) in [5.41, 5.74) is 2.02. The molecule has 7 heteroatoms. The number of benzene rings is 2. The van der Waals surface area contributed by atoms with Crippen LogP contribution in [0, 0.1) is 23.7 Å². The van der Waals surface area contributed by atoms with Crippen LogP contribution in [0.3, 0.4) is 0 Å². The lowest BCUT2D eigenvalue weighted by Gasteiger charge is -2.44. The monoisotopic (exact) mass is 513 g/mol. The van der Waals surface area contributed by atoms with Crippen LogP contribution in [-0.4, -0.2) is 36.8 Å². The molecule has 0 bridgehead atoms. The molecule has 0 saturated carbocycles. The third-order valence-electron chi connectivity index (χ3n) is 6.10. The largest absolute Gasteiger partial charge is 0.466 e. The van der Waals surface area contributed by atoms with Gasteiger partial charge >= 0.3 is 5.97 Å². The molecule has 1 heterocycles. The lowest BCUT2D eigenvalue weighted by Crippen LogP contribution is -2.54. The molecule has 0 radical (unpaired) electrons. The first-order valence-electron chi connectivity index (χ1n) is 11.2. The average molecular weight is 514 g/mol. The summed E-state index contributed by atoms with van der Waals surface area (Å²) in [6.07, 6.45) is 1.99. The Morgan fingerprint density at radius 1 is 1.09 bits per heavy atom. The van der Waals surface area contributed by atoms with Gasteiger partial charge in [0.1, 0.15) is 0 Å². The predicted octanol–water partition coefficient (Wildman–Crippen LogP) is 4.50. The number of carbonyl (C=O) groups is 2. The maximum Gasteiger partial charge on any atom is 0.310 e. The third-order valence-corrected chi connectivity index (χ3v) is 6.95. The molecule has 33 heavy (non-hydrogen) atoms. The smallest absolute Gasteiger partial charge is 0.310 e. The summed E-state index contributed by atoms with van der Waals surface area (Å²) in [7, 11) is 0. The predicted molar refractivity (Wildman–Crippen MR) is 127 cm³/mol. The summed E-state index contributed by atoms with van der Waals surface area (Å²) in [4.78, 5) is 32.5. The SMILES string of the molecule is CCOC(=O)[C@@H]1[C@H]2C(=O)N(Cc3ccccc3)OC[C@@H]2C=C(Br)[C@@H]1COCc1ccccc1. The molecule has 6 nitrogen and oxygen atoms in total. The Hall–Kier alpha value is -2.48. The Bertz CT molecular complexity index is 981. The van der Waals surface area contributed by atoms with E-state index in [1.54, 1.807) is 6.92 Å². The van der Waals surface area contributed by atoms with Gasteiger partial charge in [-0.2, -0.15) is 0 Å². The molecule has 4 atom stereocenters. The summed E-state index contributed by atoms with van der Waals surface area (Å²) in [6.45, 7) is 3.41. The van der Waals surface area contributed by atoms with E-state index in [9.17, 15) is 9.59 Å². The van der Waals surface area contributed by atoms with Crippen molar-refractivity contribution in [2.45, 2.75) is 20.1 Å². The molecule has 2 aromatic rings. The minimum Gasteiger partial charge on any atom is -0.466 e. The summed E-state index contributed by atoms with van der Waals surface area (Å²) in [5, 5.41) is 1.39. The molecular formula is C26H28BrNO5. The van der Waals surface area contributed by atoms with E-state index in [0.717, 1.165) is 15.6 Å². The molecule has 2 aromatic carbocycles. The fourth-order valence-corrected chi connectivity index (χ4v) is 5.25. The highest BCUT2D eigenvalue weighted by molar-refractivity contribution is 9.11. The summed E-state index contributed by atoms with van der Waals surface area (Å²) in [6, 6.07) is 19.5. The van der Waals surface area contributed by atoms with E-state index in [4.69, 9.17) is 14.3 Å². The van der Waals surface area contributed by atoms with E-state index >= 15 is 0 Å². The van der Waals surface area contributed by atoms with Crippen molar-refractivity contribution in [3.8, 4) is 0 Å². The quantitative estimate of drug-likeness (QED) is 0.486. The second-order valence-electron chi connectivity index (χ2n) is 8.28. The molecule has 1 fully saturated rings. The molecular weight excluding hydrogens is 486 g/mol. The fourth-order valence-electron chi connectivity index (χ4n) is 4.50. The van der Waals surface area contributed by atoms with E-state index in [1.165, 1.54) is 5.06 Å². The highest BCUT2D eigenvalue weighted by Gasteiger charge is 2.51. The van der Waals surface area contributed by atoms with Crippen LogP contribution >= 0.6 is 15.9 Å². The normalized spacial score (nSPS) is 24.7. The standard InChI is InChI=1S/C26H28BrNO5/c1-2-32-26(30)24-21(17-31-15-19-11-7-4-8-12-19)22(27)13-20-16-33-28(25(29)23(20)24)14-18-9-5-3-6-10-18/h3-13,20-21,23-24H,2,14-17H2,1H3/t20-,21-,23-,24-/m0/s1. The van der Waals surface area contributed by atoms with E-state index in [2.05, 4.69) is 15.9 Å². The van der Waals surface area contributed by atoms with Crippen LogP contribution < -0.4 is 0 Å². The lowest BCUT2D eigenvalue weighted by atomic mass is 9.69. The van der Waals surface area contributed by atoms with Crippen LogP contribution in [-0.2, 0) is 37.1 Å². The average Bonchev–Trinajstić information content (AvgIpc) is 2.83. The molecule has 1 aliphatic heterocycles. The topological polar surface area (TPSA) is 65.1 Å². The van der Waals surface area contributed by atoms with Gasteiger partial charge in [0.05, 0.1) is 44.8 Å². The highest BCUT2D eigenvalue weighted by atomic mass is 79.9. The second-order valence-corrected chi connectivity index (χ2v) is 9.20. The fraction of sp³-hybridized carbons (Fsp3) is 0.385. The first kappa shape index (κ1) is 23.7. The number of rotatable bonds is 8. The number of hydrogen-bond donors (Lipinski definition) is 0. The van der Waals surface area contributed by atoms with Crippen LogP contribution in [0.4, 0.5) is 0 Å². The lowest BCUT2D eigenvalue weighted by molar-refractivity contribution is -0.224. The second kappa shape index (κ2) is 11.1. The van der Waals surface area contributed by atoms with Crippen molar-refractivity contribution in [2.75, 3.05) is 19.8 Å². The Balaban J connectivity index is 1.54. The van der Waals surface area contributed by atoms with Gasteiger partial charge < -0.3 is 9.47 Å². The van der Waals surface area contributed by atoms with Crippen LogP contribution in [0.15, 0.2) is 71.2 Å². The van der Waals surface area contributed by atoms with Crippen molar-refractivity contribution < 1.29 is 23.9 Å². The number of fused-ring (bicyclic) bond motifs is 1. The highest BCUT2D eigenvalue weighted by Crippen LogP contribution is 2.44. The van der Waals surface area contributed by atoms with E-state index in [0.29, 0.717) is 26.4 Å². The van der Waals surface area contributed by atoms with Gasteiger partial charge in [-0.15, -0.1) is 0 Å². The summed E-state index contributed by atoms with van der Waals surface area (Å²) >= 11 is 3.64. The minimum atomic E-state index is -0.653. The Morgan fingerprint density at radius 3 is 2.42 bits per heavy atom. The van der Waals surface area contributed by atoms with Gasteiger partial charge in [-0.3, -0.25) is 14.4 Å². The van der Waals surface area contributed by atoms with Crippen molar-refractivity contribution in [1.82, 2.24) is 5.06 Å². The zero-order valence-electron chi connectivity index (χ0n) is 18.6. The van der Waals surface area contributed by atoms with Crippen LogP contribution in [0.5, 0.6) is 0 Å². The Kier molecular flexibility index (Phi) is 7.96. The summed E-state index contributed by atoms with van der Waals surface area (Å²) < 4.78 is 12.3. The number of amides is 1. The maximum absolute atomic E-state index is 13.5. The molecule has 4 rings (SSSR count). The minimum absolute atomic E-state index is 0.197.